The van der Waals surface area contributed by atoms with Crippen molar-refractivity contribution in [2.45, 2.75) is 63.0 Å². The van der Waals surface area contributed by atoms with Crippen molar-refractivity contribution >= 4 is 23.4 Å². The second kappa shape index (κ2) is 4.87. The normalized spacial score (nSPS) is 21.1. The minimum Gasteiger partial charge on any atom is -0.444 e. The summed E-state index contributed by atoms with van der Waals surface area (Å²) in [5, 5.41) is 3.22. The van der Waals surface area contributed by atoms with E-state index in [9.17, 15) is 4.79 Å². The third kappa shape index (κ3) is 2.82. The van der Waals surface area contributed by atoms with Gasteiger partial charge in [-0.1, -0.05) is 17.7 Å². The van der Waals surface area contributed by atoms with E-state index in [2.05, 4.69) is 5.32 Å². The largest absolute Gasteiger partial charge is 0.444 e. The fraction of sp³-hybridized carbons (Fsp3) is 0.588. The van der Waals surface area contributed by atoms with Crippen molar-refractivity contribution in [1.29, 1.82) is 0 Å². The lowest BCUT2D eigenvalue weighted by atomic mass is 9.86. The number of hydrogen-bond donors (Lipinski definition) is 2. The molecule has 0 unspecified atom stereocenters. The van der Waals surface area contributed by atoms with Gasteiger partial charge in [0.1, 0.15) is 5.60 Å². The quantitative estimate of drug-likeness (QED) is 0.876. The molecule has 2 aliphatic carbocycles. The Hall–Kier alpha value is -1.26. The molecular weight excluding hydrogens is 300 g/mol. The number of carbonyl (C=O) groups is 1. The van der Waals surface area contributed by atoms with Crippen molar-refractivity contribution < 1.29 is 9.53 Å². The highest BCUT2D eigenvalue weighted by Gasteiger charge is 2.64. The molecule has 1 aromatic rings. The van der Waals surface area contributed by atoms with E-state index in [-0.39, 0.29) is 11.0 Å². The maximum atomic E-state index is 11.8. The molecule has 0 radical (unpaired) electrons. The monoisotopic (exact) mass is 322 g/mol. The lowest BCUT2D eigenvalue weighted by molar-refractivity contribution is 0.0636. The van der Waals surface area contributed by atoms with Crippen LogP contribution in [0.2, 0.25) is 5.02 Å². The van der Waals surface area contributed by atoms with E-state index in [0.717, 1.165) is 25.7 Å². The zero-order valence-electron chi connectivity index (χ0n) is 13.3. The molecule has 1 amide bonds. The molecule has 2 fully saturated rings. The second-order valence-electron chi connectivity index (χ2n) is 7.56. The first-order valence-electron chi connectivity index (χ1n) is 7.74. The number of anilines is 1. The van der Waals surface area contributed by atoms with Crippen LogP contribution in [0.4, 0.5) is 10.5 Å². The Morgan fingerprint density at radius 3 is 2.36 bits per heavy atom. The van der Waals surface area contributed by atoms with Crippen LogP contribution in [0.5, 0.6) is 0 Å². The molecule has 2 saturated carbocycles. The van der Waals surface area contributed by atoms with Crippen LogP contribution in [0.25, 0.3) is 0 Å². The summed E-state index contributed by atoms with van der Waals surface area (Å²) in [5.41, 5.74) is 7.70. The summed E-state index contributed by atoms with van der Waals surface area (Å²) in [4.78, 5) is 11.8. The van der Waals surface area contributed by atoms with Gasteiger partial charge in [0.25, 0.3) is 0 Å². The molecule has 22 heavy (non-hydrogen) atoms. The number of ether oxygens (including phenoxy) is 1. The lowest BCUT2D eigenvalue weighted by Gasteiger charge is -2.24. The molecule has 3 rings (SSSR count). The minimum absolute atomic E-state index is 0.0452. The first-order chi connectivity index (χ1) is 10.2. The summed E-state index contributed by atoms with van der Waals surface area (Å²) >= 11 is 6.34. The van der Waals surface area contributed by atoms with Gasteiger partial charge in [0.2, 0.25) is 0 Å². The summed E-state index contributed by atoms with van der Waals surface area (Å²) in [6, 6.07) is 5.81. The van der Waals surface area contributed by atoms with Crippen LogP contribution in [0.1, 0.15) is 52.0 Å². The third-order valence-electron chi connectivity index (χ3n) is 4.65. The molecule has 0 saturated heterocycles. The Morgan fingerprint density at radius 1 is 1.27 bits per heavy atom. The molecule has 120 valence electrons. The average Bonchev–Trinajstić information content (AvgIpc) is 3.25. The maximum absolute atomic E-state index is 11.8. The van der Waals surface area contributed by atoms with Gasteiger partial charge in [-0.05, 0) is 64.2 Å². The first kappa shape index (κ1) is 15.6. The van der Waals surface area contributed by atoms with E-state index in [1.165, 1.54) is 5.56 Å². The van der Waals surface area contributed by atoms with E-state index in [0.29, 0.717) is 10.7 Å². The molecule has 0 heterocycles. The van der Waals surface area contributed by atoms with Crippen molar-refractivity contribution in [3.63, 3.8) is 0 Å². The average molecular weight is 323 g/mol. The molecule has 5 heteroatoms. The van der Waals surface area contributed by atoms with E-state index in [4.69, 9.17) is 22.1 Å². The SMILES string of the molecule is CC(C)(C)OC(=O)Nc1ccc(C2(C3(N)CC3)CC2)cc1Cl. The summed E-state index contributed by atoms with van der Waals surface area (Å²) in [6.07, 6.45) is 3.92. The van der Waals surface area contributed by atoms with Crippen LogP contribution >= 0.6 is 11.6 Å². The Labute approximate surface area is 136 Å². The molecule has 2 aliphatic rings. The molecule has 0 spiro atoms. The summed E-state index contributed by atoms with van der Waals surface area (Å²) in [5.74, 6) is 0. The molecule has 0 bridgehead atoms. The van der Waals surface area contributed by atoms with Crippen molar-refractivity contribution in [2.24, 2.45) is 5.73 Å². The summed E-state index contributed by atoms with van der Waals surface area (Å²) in [6.45, 7) is 5.47. The van der Waals surface area contributed by atoms with Crippen LogP contribution in [0.3, 0.4) is 0 Å². The van der Waals surface area contributed by atoms with Crippen LogP contribution in [0, 0.1) is 0 Å². The highest BCUT2D eigenvalue weighted by Crippen LogP contribution is 2.63. The number of amides is 1. The first-order valence-corrected chi connectivity index (χ1v) is 8.12. The van der Waals surface area contributed by atoms with Crippen LogP contribution in [0.15, 0.2) is 18.2 Å². The van der Waals surface area contributed by atoms with Crippen LogP contribution < -0.4 is 11.1 Å². The maximum Gasteiger partial charge on any atom is 0.412 e. The van der Waals surface area contributed by atoms with E-state index < -0.39 is 11.7 Å². The standard InChI is InChI=1S/C17H23ClN2O2/c1-15(2,3)22-14(21)20-13-5-4-11(10-12(13)18)16(6-7-16)17(19)8-9-17/h4-5,10H,6-9,19H2,1-3H3,(H,20,21). The van der Waals surface area contributed by atoms with E-state index in [1.54, 1.807) is 0 Å². The topological polar surface area (TPSA) is 64.3 Å². The minimum atomic E-state index is -0.535. The van der Waals surface area contributed by atoms with Gasteiger partial charge >= 0.3 is 6.09 Å². The molecule has 3 N–H and O–H groups in total. The number of benzene rings is 1. The predicted molar refractivity (Wildman–Crippen MR) is 88.4 cm³/mol. The summed E-state index contributed by atoms with van der Waals surface area (Å²) < 4.78 is 5.24. The molecule has 1 aromatic carbocycles. The third-order valence-corrected chi connectivity index (χ3v) is 4.96. The molecular formula is C17H23ClN2O2. The lowest BCUT2D eigenvalue weighted by Crippen LogP contribution is -2.37. The Balaban J connectivity index is 1.75. The summed E-state index contributed by atoms with van der Waals surface area (Å²) in [7, 11) is 0. The zero-order chi connectivity index (χ0) is 16.2. The fourth-order valence-corrected chi connectivity index (χ4v) is 3.37. The highest BCUT2D eigenvalue weighted by molar-refractivity contribution is 6.33. The zero-order valence-corrected chi connectivity index (χ0v) is 14.1. The number of rotatable bonds is 3. The predicted octanol–water partition coefficient (Wildman–Crippen LogP) is 4.21. The van der Waals surface area contributed by atoms with Gasteiger partial charge in [-0.2, -0.15) is 0 Å². The van der Waals surface area contributed by atoms with Crippen molar-refractivity contribution in [1.82, 2.24) is 0 Å². The molecule has 4 nitrogen and oxygen atoms in total. The van der Waals surface area contributed by atoms with Crippen molar-refractivity contribution in [3.8, 4) is 0 Å². The number of nitrogens with two attached hydrogens (primary N) is 1. The van der Waals surface area contributed by atoms with E-state index in [1.807, 2.05) is 39.0 Å². The molecule has 0 atom stereocenters. The van der Waals surface area contributed by atoms with Crippen molar-refractivity contribution in [3.05, 3.63) is 28.8 Å². The van der Waals surface area contributed by atoms with E-state index >= 15 is 0 Å². The Bertz CT molecular complexity index is 614. The van der Waals surface area contributed by atoms with Crippen molar-refractivity contribution in [2.75, 3.05) is 5.32 Å². The van der Waals surface area contributed by atoms with Gasteiger partial charge in [0.05, 0.1) is 10.7 Å². The number of nitrogens with one attached hydrogen (secondary N) is 1. The number of carbonyl (C=O) groups excluding carboxylic acids is 1. The van der Waals surface area contributed by atoms with Gasteiger partial charge < -0.3 is 10.5 Å². The number of hydrogen-bond acceptors (Lipinski definition) is 3. The molecule has 0 aromatic heterocycles. The highest BCUT2D eigenvalue weighted by atomic mass is 35.5. The van der Waals surface area contributed by atoms with Gasteiger partial charge in [0, 0.05) is 11.0 Å². The van der Waals surface area contributed by atoms with Crippen LogP contribution in [-0.4, -0.2) is 17.2 Å². The second-order valence-corrected chi connectivity index (χ2v) is 7.97. The Morgan fingerprint density at radius 2 is 1.91 bits per heavy atom. The van der Waals surface area contributed by atoms with Gasteiger partial charge in [-0.15, -0.1) is 0 Å². The van der Waals surface area contributed by atoms with Gasteiger partial charge in [0.15, 0.2) is 0 Å². The molecule has 0 aliphatic heterocycles. The number of halogens is 1. The Kier molecular flexibility index (Phi) is 3.46. The van der Waals surface area contributed by atoms with Crippen LogP contribution in [-0.2, 0) is 10.2 Å². The smallest absolute Gasteiger partial charge is 0.412 e. The van der Waals surface area contributed by atoms with Gasteiger partial charge in [-0.25, -0.2) is 4.79 Å². The van der Waals surface area contributed by atoms with Gasteiger partial charge in [-0.3, -0.25) is 5.32 Å². The fourth-order valence-electron chi connectivity index (χ4n) is 3.14.